The SMILES string of the molecule is CCC(C)C(NC(=O)Nc1cccc2ccccc12)C(=O)N1CCN(C/C=C/c2ccccc2)CC1. The maximum absolute atomic E-state index is 13.5. The van der Waals surface area contributed by atoms with E-state index >= 15 is 0 Å². The normalized spacial score (nSPS) is 16.1. The minimum absolute atomic E-state index is 0.00287. The molecule has 0 saturated carbocycles. The summed E-state index contributed by atoms with van der Waals surface area (Å²) in [5.41, 5.74) is 1.92. The van der Waals surface area contributed by atoms with E-state index in [4.69, 9.17) is 0 Å². The molecule has 2 unspecified atom stereocenters. The number of carbonyl (C=O) groups excluding carboxylic acids is 2. The Balaban J connectivity index is 1.33. The molecule has 1 aliphatic heterocycles. The highest BCUT2D eigenvalue weighted by atomic mass is 16.2. The van der Waals surface area contributed by atoms with E-state index in [9.17, 15) is 9.59 Å². The predicted octanol–water partition coefficient (Wildman–Crippen LogP) is 5.23. The van der Waals surface area contributed by atoms with Gasteiger partial charge >= 0.3 is 6.03 Å². The van der Waals surface area contributed by atoms with E-state index in [-0.39, 0.29) is 17.9 Å². The zero-order valence-corrected chi connectivity index (χ0v) is 21.2. The molecule has 188 valence electrons. The van der Waals surface area contributed by atoms with Gasteiger partial charge in [-0.05, 0) is 22.9 Å². The molecule has 36 heavy (non-hydrogen) atoms. The van der Waals surface area contributed by atoms with Crippen LogP contribution in [-0.4, -0.2) is 60.5 Å². The summed E-state index contributed by atoms with van der Waals surface area (Å²) < 4.78 is 0. The molecule has 6 nitrogen and oxygen atoms in total. The lowest BCUT2D eigenvalue weighted by molar-refractivity contribution is -0.136. The van der Waals surface area contributed by atoms with Crippen LogP contribution in [0, 0.1) is 5.92 Å². The van der Waals surface area contributed by atoms with E-state index in [1.54, 1.807) is 0 Å². The standard InChI is InChI=1S/C30H36N4O2/c1-3-23(2)28(32-30(36)31-27-17-9-15-25-14-7-8-16-26(25)27)29(35)34-21-19-33(20-22-34)18-10-13-24-11-5-4-6-12-24/h4-17,23,28H,3,18-22H2,1-2H3,(H2,31,32,36)/b13-10+. The molecule has 3 aromatic carbocycles. The molecule has 0 aromatic heterocycles. The number of benzene rings is 3. The van der Waals surface area contributed by atoms with Crippen LogP contribution >= 0.6 is 0 Å². The average Bonchev–Trinajstić information content (AvgIpc) is 2.92. The highest BCUT2D eigenvalue weighted by Gasteiger charge is 2.31. The van der Waals surface area contributed by atoms with Gasteiger partial charge in [-0.1, -0.05) is 99.2 Å². The topological polar surface area (TPSA) is 64.7 Å². The van der Waals surface area contributed by atoms with Gasteiger partial charge in [0.05, 0.1) is 5.69 Å². The second-order valence-electron chi connectivity index (χ2n) is 9.43. The summed E-state index contributed by atoms with van der Waals surface area (Å²) in [6.07, 6.45) is 5.11. The monoisotopic (exact) mass is 484 g/mol. The van der Waals surface area contributed by atoms with Crippen molar-refractivity contribution in [2.45, 2.75) is 26.3 Å². The Morgan fingerprint density at radius 2 is 1.61 bits per heavy atom. The summed E-state index contributed by atoms with van der Waals surface area (Å²) in [6.45, 7) is 7.89. The van der Waals surface area contributed by atoms with Crippen molar-refractivity contribution in [3.63, 3.8) is 0 Å². The molecule has 2 atom stereocenters. The van der Waals surface area contributed by atoms with E-state index in [0.29, 0.717) is 13.1 Å². The molecule has 3 amide bonds. The van der Waals surface area contributed by atoms with Gasteiger partial charge in [-0.15, -0.1) is 0 Å². The molecule has 1 heterocycles. The van der Waals surface area contributed by atoms with Crippen molar-refractivity contribution < 1.29 is 9.59 Å². The zero-order chi connectivity index (χ0) is 25.3. The van der Waals surface area contributed by atoms with Gasteiger partial charge in [0.2, 0.25) is 5.91 Å². The fraction of sp³-hybridized carbons (Fsp3) is 0.333. The van der Waals surface area contributed by atoms with E-state index < -0.39 is 6.04 Å². The van der Waals surface area contributed by atoms with Gasteiger partial charge in [-0.25, -0.2) is 4.79 Å². The van der Waals surface area contributed by atoms with Crippen LogP contribution < -0.4 is 10.6 Å². The maximum Gasteiger partial charge on any atom is 0.319 e. The Morgan fingerprint density at radius 1 is 0.917 bits per heavy atom. The van der Waals surface area contributed by atoms with Gasteiger partial charge in [0.25, 0.3) is 0 Å². The van der Waals surface area contributed by atoms with Gasteiger partial charge in [0.1, 0.15) is 6.04 Å². The van der Waals surface area contributed by atoms with Crippen LogP contribution in [0.4, 0.5) is 10.5 Å². The molecule has 0 aliphatic carbocycles. The maximum atomic E-state index is 13.5. The van der Waals surface area contributed by atoms with E-state index in [2.05, 4.69) is 39.8 Å². The summed E-state index contributed by atoms with van der Waals surface area (Å²) in [6, 6.07) is 23.1. The number of hydrogen-bond donors (Lipinski definition) is 2. The molecule has 1 saturated heterocycles. The lowest BCUT2D eigenvalue weighted by Gasteiger charge is -2.37. The number of nitrogens with one attached hydrogen (secondary N) is 2. The summed E-state index contributed by atoms with van der Waals surface area (Å²) in [4.78, 5) is 30.7. The Hall–Kier alpha value is -3.64. The van der Waals surface area contributed by atoms with Gasteiger partial charge in [-0.2, -0.15) is 0 Å². The largest absolute Gasteiger partial charge is 0.338 e. The first-order chi connectivity index (χ1) is 17.5. The van der Waals surface area contributed by atoms with Crippen molar-refractivity contribution in [3.05, 3.63) is 84.4 Å². The first-order valence-electron chi connectivity index (χ1n) is 12.8. The minimum Gasteiger partial charge on any atom is -0.338 e. The van der Waals surface area contributed by atoms with Crippen molar-refractivity contribution in [1.29, 1.82) is 0 Å². The molecular formula is C30H36N4O2. The Bertz CT molecular complexity index is 1180. The van der Waals surface area contributed by atoms with Crippen molar-refractivity contribution in [1.82, 2.24) is 15.1 Å². The lowest BCUT2D eigenvalue weighted by Crippen LogP contribution is -2.57. The second-order valence-corrected chi connectivity index (χ2v) is 9.43. The summed E-state index contributed by atoms with van der Waals surface area (Å²) in [7, 11) is 0. The second kappa shape index (κ2) is 12.4. The number of nitrogens with zero attached hydrogens (tertiary/aromatic N) is 2. The summed E-state index contributed by atoms with van der Waals surface area (Å²) in [5.74, 6) is 0.0273. The molecule has 1 aliphatic rings. The summed E-state index contributed by atoms with van der Waals surface area (Å²) >= 11 is 0. The van der Waals surface area contributed by atoms with Crippen LogP contribution in [-0.2, 0) is 4.79 Å². The molecule has 0 bridgehead atoms. The van der Waals surface area contributed by atoms with E-state index in [1.807, 2.05) is 79.4 Å². The first kappa shape index (κ1) is 25.5. The van der Waals surface area contributed by atoms with Crippen LogP contribution in [0.3, 0.4) is 0 Å². The number of rotatable bonds is 8. The molecule has 3 aromatic rings. The Morgan fingerprint density at radius 3 is 2.36 bits per heavy atom. The zero-order valence-electron chi connectivity index (χ0n) is 21.2. The van der Waals surface area contributed by atoms with Crippen LogP contribution in [0.1, 0.15) is 25.8 Å². The summed E-state index contributed by atoms with van der Waals surface area (Å²) in [5, 5.41) is 7.96. The number of hydrogen-bond acceptors (Lipinski definition) is 3. The molecule has 0 radical (unpaired) electrons. The highest BCUT2D eigenvalue weighted by molar-refractivity contribution is 6.02. The van der Waals surface area contributed by atoms with E-state index in [0.717, 1.165) is 42.5 Å². The molecule has 0 spiro atoms. The van der Waals surface area contributed by atoms with Gasteiger partial charge in [-0.3, -0.25) is 9.69 Å². The molecule has 6 heteroatoms. The molecule has 1 fully saturated rings. The molecule has 2 N–H and O–H groups in total. The Kier molecular flexibility index (Phi) is 8.74. The first-order valence-corrected chi connectivity index (χ1v) is 12.8. The fourth-order valence-corrected chi connectivity index (χ4v) is 4.57. The predicted molar refractivity (Wildman–Crippen MR) is 148 cm³/mol. The third-order valence-corrected chi connectivity index (χ3v) is 6.96. The smallest absolute Gasteiger partial charge is 0.319 e. The fourth-order valence-electron chi connectivity index (χ4n) is 4.57. The number of fused-ring (bicyclic) bond motifs is 1. The van der Waals surface area contributed by atoms with Crippen LogP contribution in [0.2, 0.25) is 0 Å². The van der Waals surface area contributed by atoms with E-state index in [1.165, 1.54) is 5.56 Å². The minimum atomic E-state index is -0.561. The van der Waals surface area contributed by atoms with Crippen LogP contribution in [0.15, 0.2) is 78.9 Å². The third kappa shape index (κ3) is 6.52. The number of amides is 3. The number of carbonyl (C=O) groups is 2. The Labute approximate surface area is 214 Å². The van der Waals surface area contributed by atoms with Crippen molar-refractivity contribution in [3.8, 4) is 0 Å². The van der Waals surface area contributed by atoms with Crippen molar-refractivity contribution in [2.24, 2.45) is 5.92 Å². The lowest BCUT2D eigenvalue weighted by atomic mass is 9.97. The van der Waals surface area contributed by atoms with Gasteiger partial charge in [0.15, 0.2) is 0 Å². The highest BCUT2D eigenvalue weighted by Crippen LogP contribution is 2.23. The van der Waals surface area contributed by atoms with Crippen molar-refractivity contribution in [2.75, 3.05) is 38.0 Å². The van der Waals surface area contributed by atoms with Crippen molar-refractivity contribution >= 4 is 34.5 Å². The average molecular weight is 485 g/mol. The number of piperazine rings is 1. The van der Waals surface area contributed by atoms with Crippen LogP contribution in [0.25, 0.3) is 16.8 Å². The van der Waals surface area contributed by atoms with Gasteiger partial charge in [0, 0.05) is 38.1 Å². The van der Waals surface area contributed by atoms with Crippen LogP contribution in [0.5, 0.6) is 0 Å². The third-order valence-electron chi connectivity index (χ3n) is 6.96. The molecular weight excluding hydrogens is 448 g/mol. The van der Waals surface area contributed by atoms with Gasteiger partial charge < -0.3 is 15.5 Å². The quantitative estimate of drug-likeness (QED) is 0.460. The number of urea groups is 1. The number of anilines is 1. The molecule has 4 rings (SSSR count).